The van der Waals surface area contributed by atoms with Crippen LogP contribution in [-0.4, -0.2) is 35.9 Å². The molecule has 1 aromatic carbocycles. The Hall–Kier alpha value is -3.19. The van der Waals surface area contributed by atoms with Crippen LogP contribution in [0.15, 0.2) is 81.7 Å². The van der Waals surface area contributed by atoms with Gasteiger partial charge in [0.1, 0.15) is 5.71 Å². The van der Waals surface area contributed by atoms with Crippen LogP contribution in [0.5, 0.6) is 0 Å². The Morgan fingerprint density at radius 1 is 1.15 bits per heavy atom. The van der Waals surface area contributed by atoms with Gasteiger partial charge in [0, 0.05) is 16.7 Å². The lowest BCUT2D eigenvalue weighted by Crippen LogP contribution is -2.39. The topological polar surface area (TPSA) is 87.6 Å². The highest BCUT2D eigenvalue weighted by Crippen LogP contribution is 2.27. The van der Waals surface area contributed by atoms with Gasteiger partial charge < -0.3 is 10.6 Å². The molecule has 2 N–H and O–H groups in total. The van der Waals surface area contributed by atoms with Crippen molar-refractivity contribution in [3.05, 3.63) is 82.3 Å². The number of carbonyl (C=O) groups is 3. The fourth-order valence-electron chi connectivity index (χ4n) is 2.91. The molecule has 0 radical (unpaired) electrons. The number of nitrogens with zero attached hydrogens (tertiary/aromatic N) is 1. The van der Waals surface area contributed by atoms with E-state index in [2.05, 4.69) is 28.8 Å². The summed E-state index contributed by atoms with van der Waals surface area (Å²) in [5.74, 6) is -0.885. The average molecular weight is 468 g/mol. The minimum Gasteiger partial charge on any atom is -0.344 e. The maximum Gasteiger partial charge on any atom is 0.270 e. The van der Waals surface area contributed by atoms with Crippen LogP contribution in [-0.2, 0) is 9.59 Å². The van der Waals surface area contributed by atoms with Crippen molar-refractivity contribution < 1.29 is 14.4 Å². The third kappa shape index (κ3) is 8.69. The predicted octanol–water partition coefficient (Wildman–Crippen LogP) is 4.97. The Labute approximate surface area is 201 Å². The van der Waals surface area contributed by atoms with Gasteiger partial charge >= 0.3 is 0 Å². The van der Waals surface area contributed by atoms with Gasteiger partial charge in [-0.25, -0.2) is 0 Å². The van der Waals surface area contributed by atoms with E-state index in [0.717, 1.165) is 22.9 Å². The summed E-state index contributed by atoms with van der Waals surface area (Å²) in [5, 5.41) is 5.53. The number of amides is 2. The summed E-state index contributed by atoms with van der Waals surface area (Å²) in [7, 11) is 0. The number of hydrogen-bond acceptors (Lipinski definition) is 5. The minimum atomic E-state index is -0.429. The lowest BCUT2D eigenvalue weighted by molar-refractivity contribution is -0.116. The molecule has 0 bridgehead atoms. The highest BCUT2D eigenvalue weighted by molar-refractivity contribution is 8.07. The molecule has 1 aromatic rings. The number of ketones is 1. The first-order valence-electron chi connectivity index (χ1n) is 10.7. The van der Waals surface area contributed by atoms with E-state index >= 15 is 0 Å². The van der Waals surface area contributed by atoms with Crippen LogP contribution in [0.1, 0.15) is 51.4 Å². The molecule has 7 heteroatoms. The summed E-state index contributed by atoms with van der Waals surface area (Å²) in [5.41, 5.74) is 2.72. The fraction of sp³-hybridized carbons (Fsp3) is 0.308. The van der Waals surface area contributed by atoms with E-state index in [1.807, 2.05) is 26.8 Å². The number of aliphatic imine (C=N–C) groups is 1. The van der Waals surface area contributed by atoms with Crippen molar-refractivity contribution in [3.63, 3.8) is 0 Å². The lowest BCUT2D eigenvalue weighted by atomic mass is 10.0. The molecule has 0 aliphatic rings. The van der Waals surface area contributed by atoms with Crippen LogP contribution < -0.4 is 10.6 Å². The molecule has 176 valence electrons. The van der Waals surface area contributed by atoms with Gasteiger partial charge in [-0.3, -0.25) is 19.4 Å². The van der Waals surface area contributed by atoms with Gasteiger partial charge in [-0.1, -0.05) is 73.8 Å². The minimum absolute atomic E-state index is 0.108. The van der Waals surface area contributed by atoms with Crippen LogP contribution in [0.2, 0.25) is 0 Å². The lowest BCUT2D eigenvalue weighted by Gasteiger charge is -2.19. The number of hydrogen-bond donors (Lipinski definition) is 2. The van der Waals surface area contributed by atoms with E-state index in [4.69, 9.17) is 0 Å². The molecule has 0 aliphatic heterocycles. The second-order valence-electron chi connectivity index (χ2n) is 7.38. The van der Waals surface area contributed by atoms with Crippen LogP contribution in [0.25, 0.3) is 0 Å². The summed E-state index contributed by atoms with van der Waals surface area (Å²) in [6.07, 6.45) is 3.66. The van der Waals surface area contributed by atoms with E-state index in [9.17, 15) is 14.4 Å². The molecule has 0 saturated carbocycles. The molecule has 6 nitrogen and oxygen atoms in total. The average Bonchev–Trinajstić information content (AvgIpc) is 2.80. The number of thioether (sulfide) groups is 1. The zero-order valence-corrected chi connectivity index (χ0v) is 20.8. The smallest absolute Gasteiger partial charge is 0.270 e. The standard InChI is InChI=1S/C26H33N3O3S/c1-8-21(17(4)5)24(27-10-3)26(32)29-18(6)19(7)33-23(9-2)25(31)28-16-22(30)20-14-12-11-13-15-20/h9-15,18H,3,7-8,16H2,1-2,4-6H3,(H,28,31)(H,29,32)/b23-9-,27-24?. The first kappa shape index (κ1) is 27.8. The predicted molar refractivity (Wildman–Crippen MR) is 138 cm³/mol. The second-order valence-corrected chi connectivity index (χ2v) is 8.55. The monoisotopic (exact) mass is 467 g/mol. The van der Waals surface area contributed by atoms with Crippen molar-refractivity contribution in [2.75, 3.05) is 6.54 Å². The largest absolute Gasteiger partial charge is 0.344 e. The molecular weight excluding hydrogens is 434 g/mol. The fourth-order valence-corrected chi connectivity index (χ4v) is 3.71. The number of Topliss-reactive ketones (excluding diaryl/α,β-unsaturated/α-hetero) is 1. The Bertz CT molecular complexity index is 987. The van der Waals surface area contributed by atoms with Gasteiger partial charge in [0.15, 0.2) is 5.78 Å². The van der Waals surface area contributed by atoms with Gasteiger partial charge in [-0.15, -0.1) is 0 Å². The van der Waals surface area contributed by atoms with Crippen molar-refractivity contribution in [2.45, 2.75) is 47.1 Å². The molecule has 33 heavy (non-hydrogen) atoms. The zero-order valence-electron chi connectivity index (χ0n) is 20.0. The molecule has 0 spiro atoms. The van der Waals surface area contributed by atoms with Gasteiger partial charge in [0.05, 0.1) is 17.5 Å². The van der Waals surface area contributed by atoms with Gasteiger partial charge in [0.2, 0.25) is 0 Å². The van der Waals surface area contributed by atoms with Gasteiger partial charge in [-0.2, -0.15) is 0 Å². The Balaban J connectivity index is 2.76. The Kier molecular flexibility index (Phi) is 11.9. The van der Waals surface area contributed by atoms with Crippen LogP contribution in [0.4, 0.5) is 0 Å². The quantitative estimate of drug-likeness (QED) is 0.258. The summed E-state index contributed by atoms with van der Waals surface area (Å²) >= 11 is 1.15. The number of rotatable bonds is 12. The third-order valence-electron chi connectivity index (χ3n) is 4.74. The van der Waals surface area contributed by atoms with Crippen LogP contribution in [0, 0.1) is 0 Å². The van der Waals surface area contributed by atoms with Crippen molar-refractivity contribution in [2.24, 2.45) is 4.99 Å². The molecule has 0 fully saturated rings. The number of allylic oxidation sites excluding steroid dienone is 2. The molecule has 1 unspecified atom stereocenters. The van der Waals surface area contributed by atoms with E-state index in [-0.39, 0.29) is 24.1 Å². The zero-order chi connectivity index (χ0) is 25.0. The first-order valence-corrected chi connectivity index (χ1v) is 11.5. The number of nitrogens with one attached hydrogen (secondary N) is 2. The normalized spacial score (nSPS) is 12.4. The Morgan fingerprint density at radius 3 is 2.30 bits per heavy atom. The van der Waals surface area contributed by atoms with Crippen molar-refractivity contribution in [1.29, 1.82) is 0 Å². The molecule has 1 rings (SSSR count). The molecule has 1 atom stereocenters. The van der Waals surface area contributed by atoms with Crippen LogP contribution >= 0.6 is 11.8 Å². The molecule has 0 heterocycles. The summed E-state index contributed by atoms with van der Waals surface area (Å²) in [4.78, 5) is 42.8. The highest BCUT2D eigenvalue weighted by Gasteiger charge is 2.21. The summed E-state index contributed by atoms with van der Waals surface area (Å²) in [6, 6.07) is 8.35. The highest BCUT2D eigenvalue weighted by atomic mass is 32.2. The number of benzene rings is 1. The molecule has 0 aromatic heterocycles. The van der Waals surface area contributed by atoms with Crippen molar-refractivity contribution in [3.8, 4) is 0 Å². The SMILES string of the molecule is C=CN=C(C(=O)NC(C)C(=C)S/C(=C\C)C(=O)NCC(=O)c1ccccc1)C(CC)=C(C)C. The molecular formula is C26H33N3O3S. The van der Waals surface area contributed by atoms with Gasteiger partial charge in [-0.05, 0) is 39.7 Å². The van der Waals surface area contributed by atoms with Crippen LogP contribution in [0.3, 0.4) is 0 Å². The van der Waals surface area contributed by atoms with E-state index < -0.39 is 6.04 Å². The van der Waals surface area contributed by atoms with Gasteiger partial charge in [0.25, 0.3) is 11.8 Å². The molecule has 0 aliphatic carbocycles. The van der Waals surface area contributed by atoms with Crippen molar-refractivity contribution in [1.82, 2.24) is 10.6 Å². The Morgan fingerprint density at radius 2 is 1.79 bits per heavy atom. The number of carbonyl (C=O) groups excluding carboxylic acids is 3. The molecule has 2 amide bonds. The van der Waals surface area contributed by atoms with E-state index in [1.165, 1.54) is 6.20 Å². The van der Waals surface area contributed by atoms with E-state index in [1.54, 1.807) is 44.2 Å². The van der Waals surface area contributed by atoms with Crippen molar-refractivity contribution >= 4 is 35.1 Å². The summed E-state index contributed by atoms with van der Waals surface area (Å²) in [6.45, 7) is 16.9. The maximum atomic E-state index is 12.8. The van der Waals surface area contributed by atoms with E-state index in [0.29, 0.717) is 27.5 Å². The maximum absolute atomic E-state index is 12.8. The second kappa shape index (κ2) is 14.1. The summed E-state index contributed by atoms with van der Waals surface area (Å²) < 4.78 is 0. The first-order chi connectivity index (χ1) is 15.7. The third-order valence-corrected chi connectivity index (χ3v) is 6.00. The molecule has 0 saturated heterocycles.